The van der Waals surface area contributed by atoms with Gasteiger partial charge in [0.05, 0.1) is 12.0 Å². The number of nitrogens with zero attached hydrogens (tertiary/aromatic N) is 3. The number of carbonyl (C=O) groups is 1. The van der Waals surface area contributed by atoms with E-state index in [2.05, 4.69) is 23.0 Å². The number of hydrogen-bond donors (Lipinski definition) is 0. The molecule has 0 fully saturated rings. The van der Waals surface area contributed by atoms with Crippen LogP contribution in [0.2, 0.25) is 0 Å². The summed E-state index contributed by atoms with van der Waals surface area (Å²) in [5.41, 5.74) is 2.98. The lowest BCUT2D eigenvalue weighted by Crippen LogP contribution is -2.26. The molecule has 0 aliphatic carbocycles. The van der Waals surface area contributed by atoms with E-state index in [1.54, 1.807) is 25.3 Å². The van der Waals surface area contributed by atoms with Gasteiger partial charge in [0, 0.05) is 34.9 Å². The number of aryl methyl sites for hydroxylation is 2. The highest BCUT2D eigenvalue weighted by Gasteiger charge is 2.18. The van der Waals surface area contributed by atoms with Crippen molar-refractivity contribution in [2.24, 2.45) is 0 Å². The molecule has 0 radical (unpaired) electrons. The van der Waals surface area contributed by atoms with Crippen LogP contribution in [0.1, 0.15) is 27.9 Å². The molecule has 5 nitrogen and oxygen atoms in total. The van der Waals surface area contributed by atoms with Crippen molar-refractivity contribution in [1.82, 2.24) is 9.97 Å². The molecular formula is C20H21N3O2S. The van der Waals surface area contributed by atoms with Crippen LogP contribution in [0.4, 0.5) is 5.82 Å². The monoisotopic (exact) mass is 367 g/mol. The maximum atomic E-state index is 12.8. The van der Waals surface area contributed by atoms with E-state index in [0.717, 1.165) is 28.1 Å². The summed E-state index contributed by atoms with van der Waals surface area (Å²) in [6.45, 7) is 4.03. The van der Waals surface area contributed by atoms with Crippen molar-refractivity contribution in [2.75, 3.05) is 19.1 Å². The molecule has 0 unspecified atom stereocenters. The van der Waals surface area contributed by atoms with Crippen molar-refractivity contribution in [3.8, 4) is 16.3 Å². The Balaban J connectivity index is 1.92. The smallest absolute Gasteiger partial charge is 0.269 e. The maximum absolute atomic E-state index is 12.8. The molecule has 3 heterocycles. The first-order valence-corrected chi connectivity index (χ1v) is 9.20. The molecule has 26 heavy (non-hydrogen) atoms. The number of rotatable bonds is 5. The number of hydrogen-bond acceptors (Lipinski definition) is 5. The summed E-state index contributed by atoms with van der Waals surface area (Å²) in [4.78, 5) is 24.8. The minimum atomic E-state index is -0.0743. The first kappa shape index (κ1) is 18.1. The average molecular weight is 367 g/mol. The van der Waals surface area contributed by atoms with Crippen molar-refractivity contribution in [3.63, 3.8) is 0 Å². The van der Waals surface area contributed by atoms with Gasteiger partial charge in [0.2, 0.25) is 5.88 Å². The molecule has 0 bridgehead atoms. The van der Waals surface area contributed by atoms with Crippen molar-refractivity contribution < 1.29 is 9.53 Å². The molecule has 6 heteroatoms. The third-order valence-electron chi connectivity index (χ3n) is 4.21. The number of thiophene rings is 1. The van der Waals surface area contributed by atoms with Crippen molar-refractivity contribution in [1.29, 1.82) is 0 Å². The fourth-order valence-corrected chi connectivity index (χ4v) is 3.77. The number of aromatic nitrogens is 2. The molecular weight excluding hydrogens is 346 g/mol. The molecule has 3 aromatic rings. The summed E-state index contributed by atoms with van der Waals surface area (Å²) in [6.07, 6.45) is 2.51. The predicted octanol–water partition coefficient (Wildman–Crippen LogP) is 4.36. The van der Waals surface area contributed by atoms with Crippen LogP contribution in [0.15, 0.2) is 42.6 Å². The molecule has 0 atom stereocenters. The Morgan fingerprint density at radius 3 is 2.73 bits per heavy atom. The second-order valence-electron chi connectivity index (χ2n) is 5.86. The highest BCUT2D eigenvalue weighted by atomic mass is 32.1. The Morgan fingerprint density at radius 2 is 2.08 bits per heavy atom. The lowest BCUT2D eigenvalue weighted by Gasteiger charge is -2.14. The lowest BCUT2D eigenvalue weighted by molar-refractivity contribution is 0.0996. The van der Waals surface area contributed by atoms with Crippen molar-refractivity contribution in [2.45, 2.75) is 20.3 Å². The molecule has 0 spiro atoms. The average Bonchev–Trinajstić information content (AvgIpc) is 3.17. The summed E-state index contributed by atoms with van der Waals surface area (Å²) in [5.74, 6) is 1.22. The molecule has 3 aromatic heterocycles. The van der Waals surface area contributed by atoms with Gasteiger partial charge in [-0.25, -0.2) is 9.97 Å². The summed E-state index contributed by atoms with van der Waals surface area (Å²) >= 11 is 1.46. The Kier molecular flexibility index (Phi) is 5.32. The first-order valence-electron chi connectivity index (χ1n) is 8.39. The van der Waals surface area contributed by atoms with Gasteiger partial charge in [-0.05, 0) is 43.7 Å². The second-order valence-corrected chi connectivity index (χ2v) is 6.94. The van der Waals surface area contributed by atoms with Gasteiger partial charge in [0.1, 0.15) is 5.82 Å². The second kappa shape index (κ2) is 7.66. The van der Waals surface area contributed by atoms with Crippen molar-refractivity contribution >= 4 is 23.1 Å². The zero-order valence-corrected chi connectivity index (χ0v) is 16.1. The maximum Gasteiger partial charge on any atom is 0.269 e. The summed E-state index contributed by atoms with van der Waals surface area (Å²) in [5, 5.41) is 0. The van der Waals surface area contributed by atoms with Crippen LogP contribution in [0.25, 0.3) is 10.4 Å². The highest BCUT2D eigenvalue weighted by molar-refractivity contribution is 7.17. The zero-order valence-electron chi connectivity index (χ0n) is 15.3. The quantitative estimate of drug-likeness (QED) is 0.672. The van der Waals surface area contributed by atoms with Gasteiger partial charge in [-0.1, -0.05) is 13.0 Å². The number of pyridine rings is 2. The van der Waals surface area contributed by atoms with Gasteiger partial charge in [0.15, 0.2) is 0 Å². The normalized spacial score (nSPS) is 10.6. The summed E-state index contributed by atoms with van der Waals surface area (Å²) in [6, 6.07) is 11.4. The van der Waals surface area contributed by atoms with Gasteiger partial charge in [-0.3, -0.25) is 9.69 Å². The van der Waals surface area contributed by atoms with E-state index in [-0.39, 0.29) is 5.91 Å². The van der Waals surface area contributed by atoms with E-state index in [0.29, 0.717) is 16.6 Å². The number of anilines is 1. The largest absolute Gasteiger partial charge is 0.481 e. The Labute approximate surface area is 157 Å². The van der Waals surface area contributed by atoms with Crippen LogP contribution in [0.5, 0.6) is 5.88 Å². The molecule has 0 N–H and O–H groups in total. The number of methoxy groups -OCH3 is 1. The summed E-state index contributed by atoms with van der Waals surface area (Å²) < 4.78 is 5.36. The topological polar surface area (TPSA) is 55.3 Å². The standard InChI is InChI=1S/C20H21N3O2S/c1-5-14-12-15(13(2)22-19(14)25-4)16-9-10-17(26-16)20(24)23(3)18-8-6-7-11-21-18/h6-12H,5H2,1-4H3. The van der Waals surface area contributed by atoms with E-state index in [9.17, 15) is 4.79 Å². The number of carbonyl (C=O) groups excluding carboxylic acids is 1. The molecule has 3 rings (SSSR count). The predicted molar refractivity (Wildman–Crippen MR) is 105 cm³/mol. The van der Waals surface area contributed by atoms with E-state index in [1.165, 1.54) is 11.3 Å². The van der Waals surface area contributed by atoms with Crippen molar-refractivity contribution in [3.05, 3.63) is 58.7 Å². The molecule has 0 aliphatic heterocycles. The Bertz CT molecular complexity index is 922. The Morgan fingerprint density at radius 1 is 1.27 bits per heavy atom. The third-order valence-corrected chi connectivity index (χ3v) is 5.31. The Hall–Kier alpha value is -2.73. The van der Waals surface area contributed by atoms with Gasteiger partial charge in [-0.2, -0.15) is 0 Å². The van der Waals surface area contributed by atoms with Crippen LogP contribution in [-0.2, 0) is 6.42 Å². The van der Waals surface area contributed by atoms with Crippen LogP contribution >= 0.6 is 11.3 Å². The van der Waals surface area contributed by atoms with Crippen LogP contribution in [0, 0.1) is 6.92 Å². The van der Waals surface area contributed by atoms with E-state index < -0.39 is 0 Å². The fourth-order valence-electron chi connectivity index (χ4n) is 2.72. The molecule has 1 amide bonds. The van der Waals surface area contributed by atoms with E-state index in [4.69, 9.17) is 4.74 Å². The van der Waals surface area contributed by atoms with Crippen LogP contribution in [-0.4, -0.2) is 30.0 Å². The number of amides is 1. The molecule has 0 saturated heterocycles. The fraction of sp³-hybridized carbons (Fsp3) is 0.250. The highest BCUT2D eigenvalue weighted by Crippen LogP contribution is 2.33. The van der Waals surface area contributed by atoms with Crippen LogP contribution in [0.3, 0.4) is 0 Å². The lowest BCUT2D eigenvalue weighted by atomic mass is 10.1. The van der Waals surface area contributed by atoms with Gasteiger partial charge in [0.25, 0.3) is 5.91 Å². The van der Waals surface area contributed by atoms with E-state index >= 15 is 0 Å². The molecule has 0 aromatic carbocycles. The molecule has 134 valence electrons. The number of ether oxygens (including phenoxy) is 1. The third kappa shape index (κ3) is 3.46. The SMILES string of the molecule is CCc1cc(-c2ccc(C(=O)N(C)c3ccccn3)s2)c(C)nc1OC. The molecule has 0 saturated carbocycles. The first-order chi connectivity index (χ1) is 12.5. The van der Waals surface area contributed by atoms with E-state index in [1.807, 2.05) is 37.3 Å². The minimum absolute atomic E-state index is 0.0743. The van der Waals surface area contributed by atoms with Gasteiger partial charge < -0.3 is 4.74 Å². The van der Waals surface area contributed by atoms with Crippen LogP contribution < -0.4 is 9.64 Å². The van der Waals surface area contributed by atoms with Gasteiger partial charge >= 0.3 is 0 Å². The summed E-state index contributed by atoms with van der Waals surface area (Å²) in [7, 11) is 3.37. The minimum Gasteiger partial charge on any atom is -0.481 e. The molecule has 0 aliphatic rings. The van der Waals surface area contributed by atoms with Gasteiger partial charge in [-0.15, -0.1) is 11.3 Å². The zero-order chi connectivity index (χ0) is 18.7.